The van der Waals surface area contributed by atoms with E-state index in [1.807, 2.05) is 0 Å². The Balaban J connectivity index is 0.00000288. The first kappa shape index (κ1) is 20.3. The topological polar surface area (TPSA) is 69.6 Å². The molecular formula is C16H21ClF2N2O3. The van der Waals surface area contributed by atoms with Crippen LogP contribution in [0.2, 0.25) is 0 Å². The molecule has 1 heterocycles. The van der Waals surface area contributed by atoms with Gasteiger partial charge in [-0.05, 0) is 44.9 Å². The molecule has 1 aromatic carbocycles. The van der Waals surface area contributed by atoms with Crippen LogP contribution in [0.4, 0.5) is 8.78 Å². The summed E-state index contributed by atoms with van der Waals surface area (Å²) in [5, 5.41) is 11.7. The zero-order valence-electron chi connectivity index (χ0n) is 13.3. The molecule has 0 aromatic heterocycles. The summed E-state index contributed by atoms with van der Waals surface area (Å²) in [7, 11) is 0. The standard InChI is InChI=1S/C16H20F2N2O3.ClH/c1-10(8-11-12(17)4-2-5-13(11)18)19-15(21)9-20-7-3-6-14(20)16(22)23;/h2,4-5,10,14H,3,6-9H2,1H3,(H,19,21)(H,22,23);1H/t10?,14-;/m1./s1. The van der Waals surface area contributed by atoms with E-state index in [1.165, 1.54) is 18.2 Å². The van der Waals surface area contributed by atoms with Crippen LogP contribution < -0.4 is 5.32 Å². The molecule has 2 rings (SSSR count). The summed E-state index contributed by atoms with van der Waals surface area (Å²) in [6, 6.07) is 2.54. The van der Waals surface area contributed by atoms with Crippen molar-refractivity contribution in [2.45, 2.75) is 38.3 Å². The first-order valence-corrected chi connectivity index (χ1v) is 7.57. The third-order valence-corrected chi connectivity index (χ3v) is 3.97. The zero-order valence-corrected chi connectivity index (χ0v) is 14.1. The van der Waals surface area contributed by atoms with Gasteiger partial charge in [-0.3, -0.25) is 14.5 Å². The lowest BCUT2D eigenvalue weighted by Crippen LogP contribution is -2.45. The Morgan fingerprint density at radius 2 is 2.00 bits per heavy atom. The van der Waals surface area contributed by atoms with Gasteiger partial charge in [0, 0.05) is 11.6 Å². The van der Waals surface area contributed by atoms with Crippen molar-refractivity contribution < 1.29 is 23.5 Å². The fourth-order valence-corrected chi connectivity index (χ4v) is 2.88. The normalized spacial score (nSPS) is 18.7. The number of carbonyl (C=O) groups excluding carboxylic acids is 1. The van der Waals surface area contributed by atoms with Gasteiger partial charge in [0.15, 0.2) is 0 Å². The fraction of sp³-hybridized carbons (Fsp3) is 0.500. The third kappa shape index (κ3) is 5.14. The number of halogens is 3. The van der Waals surface area contributed by atoms with Crippen LogP contribution in [-0.4, -0.2) is 47.1 Å². The van der Waals surface area contributed by atoms with E-state index >= 15 is 0 Å². The molecule has 0 bridgehead atoms. The van der Waals surface area contributed by atoms with Crippen molar-refractivity contribution in [1.82, 2.24) is 10.2 Å². The van der Waals surface area contributed by atoms with Crippen molar-refractivity contribution in [2.75, 3.05) is 13.1 Å². The number of carboxylic acids is 1. The Morgan fingerprint density at radius 3 is 2.58 bits per heavy atom. The van der Waals surface area contributed by atoms with Gasteiger partial charge < -0.3 is 10.4 Å². The maximum Gasteiger partial charge on any atom is 0.320 e. The summed E-state index contributed by atoms with van der Waals surface area (Å²) >= 11 is 0. The molecule has 5 nitrogen and oxygen atoms in total. The monoisotopic (exact) mass is 362 g/mol. The highest BCUT2D eigenvalue weighted by Crippen LogP contribution is 2.17. The van der Waals surface area contributed by atoms with Crippen LogP contribution in [0.15, 0.2) is 18.2 Å². The van der Waals surface area contributed by atoms with Crippen LogP contribution in [0.5, 0.6) is 0 Å². The molecule has 0 aliphatic carbocycles. The van der Waals surface area contributed by atoms with E-state index in [-0.39, 0.29) is 36.8 Å². The molecule has 0 spiro atoms. The van der Waals surface area contributed by atoms with Gasteiger partial charge in [-0.15, -0.1) is 12.4 Å². The molecule has 2 N–H and O–H groups in total. The number of hydrogen-bond donors (Lipinski definition) is 2. The Labute approximate surface area is 145 Å². The molecule has 1 unspecified atom stereocenters. The Bertz CT molecular complexity index is 580. The molecule has 1 aromatic rings. The van der Waals surface area contributed by atoms with E-state index in [9.17, 15) is 18.4 Å². The van der Waals surface area contributed by atoms with Crippen molar-refractivity contribution in [1.29, 1.82) is 0 Å². The maximum absolute atomic E-state index is 13.6. The number of carbonyl (C=O) groups is 2. The molecule has 1 saturated heterocycles. The van der Waals surface area contributed by atoms with Crippen molar-refractivity contribution in [2.24, 2.45) is 0 Å². The van der Waals surface area contributed by atoms with Gasteiger partial charge in [0.2, 0.25) is 5.91 Å². The first-order valence-electron chi connectivity index (χ1n) is 7.57. The van der Waals surface area contributed by atoms with Crippen LogP contribution in [0, 0.1) is 11.6 Å². The van der Waals surface area contributed by atoms with Crippen LogP contribution in [0.25, 0.3) is 0 Å². The fourth-order valence-electron chi connectivity index (χ4n) is 2.88. The van der Waals surface area contributed by atoms with E-state index in [1.54, 1.807) is 11.8 Å². The van der Waals surface area contributed by atoms with Gasteiger partial charge >= 0.3 is 5.97 Å². The zero-order chi connectivity index (χ0) is 17.0. The summed E-state index contributed by atoms with van der Waals surface area (Å²) < 4.78 is 27.2. The van der Waals surface area contributed by atoms with Crippen LogP contribution in [-0.2, 0) is 16.0 Å². The second kappa shape index (κ2) is 8.94. The van der Waals surface area contributed by atoms with Gasteiger partial charge in [-0.25, -0.2) is 8.78 Å². The van der Waals surface area contributed by atoms with Gasteiger partial charge in [-0.1, -0.05) is 6.07 Å². The lowest BCUT2D eigenvalue weighted by Gasteiger charge is -2.22. The molecule has 134 valence electrons. The SMILES string of the molecule is CC(Cc1c(F)cccc1F)NC(=O)CN1CCC[C@@H]1C(=O)O.Cl. The quantitative estimate of drug-likeness (QED) is 0.812. The average Bonchev–Trinajstić information content (AvgIpc) is 2.91. The number of aliphatic carboxylic acids is 1. The van der Waals surface area contributed by atoms with Crippen LogP contribution in [0.3, 0.4) is 0 Å². The highest BCUT2D eigenvalue weighted by Gasteiger charge is 2.31. The summed E-state index contributed by atoms with van der Waals surface area (Å²) in [6.07, 6.45) is 1.30. The maximum atomic E-state index is 13.6. The number of amides is 1. The second-order valence-electron chi connectivity index (χ2n) is 5.84. The average molecular weight is 363 g/mol. The molecule has 24 heavy (non-hydrogen) atoms. The smallest absolute Gasteiger partial charge is 0.320 e. The van der Waals surface area contributed by atoms with E-state index in [2.05, 4.69) is 5.32 Å². The van der Waals surface area contributed by atoms with Crippen molar-refractivity contribution in [3.8, 4) is 0 Å². The molecule has 1 aliphatic rings. The molecule has 1 amide bonds. The largest absolute Gasteiger partial charge is 0.480 e. The number of hydrogen-bond acceptors (Lipinski definition) is 3. The molecule has 1 aliphatic heterocycles. The second-order valence-corrected chi connectivity index (χ2v) is 5.84. The predicted molar refractivity (Wildman–Crippen MR) is 87.1 cm³/mol. The molecular weight excluding hydrogens is 342 g/mol. The van der Waals surface area contributed by atoms with E-state index < -0.39 is 29.7 Å². The Hall–Kier alpha value is -1.73. The lowest BCUT2D eigenvalue weighted by atomic mass is 10.1. The first-order chi connectivity index (χ1) is 10.9. The van der Waals surface area contributed by atoms with Crippen molar-refractivity contribution in [3.63, 3.8) is 0 Å². The van der Waals surface area contributed by atoms with Gasteiger partial charge in [-0.2, -0.15) is 0 Å². The van der Waals surface area contributed by atoms with E-state index in [0.29, 0.717) is 13.0 Å². The number of carboxylic acid groups (broad SMARTS) is 1. The lowest BCUT2D eigenvalue weighted by molar-refractivity contribution is -0.142. The summed E-state index contributed by atoms with van der Waals surface area (Å²) in [5.74, 6) is -2.56. The highest BCUT2D eigenvalue weighted by atomic mass is 35.5. The summed E-state index contributed by atoms with van der Waals surface area (Å²) in [6.45, 7) is 2.18. The minimum Gasteiger partial charge on any atom is -0.480 e. The molecule has 8 heteroatoms. The predicted octanol–water partition coefficient (Wildman–Crippen LogP) is 1.98. The Morgan fingerprint density at radius 1 is 1.38 bits per heavy atom. The van der Waals surface area contributed by atoms with Crippen LogP contribution in [0.1, 0.15) is 25.3 Å². The van der Waals surface area contributed by atoms with E-state index in [4.69, 9.17) is 5.11 Å². The highest BCUT2D eigenvalue weighted by molar-refractivity contribution is 5.85. The molecule has 0 radical (unpaired) electrons. The van der Waals surface area contributed by atoms with E-state index in [0.717, 1.165) is 6.42 Å². The molecule has 0 saturated carbocycles. The minimum absolute atomic E-state index is 0. The number of rotatable bonds is 6. The third-order valence-electron chi connectivity index (χ3n) is 3.97. The number of likely N-dealkylation sites (tertiary alicyclic amines) is 1. The van der Waals surface area contributed by atoms with Crippen molar-refractivity contribution >= 4 is 24.3 Å². The summed E-state index contributed by atoms with van der Waals surface area (Å²) in [4.78, 5) is 24.7. The molecule has 2 atom stereocenters. The number of nitrogens with zero attached hydrogens (tertiary/aromatic N) is 1. The minimum atomic E-state index is -0.934. The number of benzene rings is 1. The van der Waals surface area contributed by atoms with Crippen LogP contribution >= 0.6 is 12.4 Å². The summed E-state index contributed by atoms with van der Waals surface area (Å²) in [5.41, 5.74) is -0.0649. The Kier molecular flexibility index (Phi) is 7.57. The number of nitrogens with one attached hydrogen (secondary N) is 1. The van der Waals surface area contributed by atoms with Crippen molar-refractivity contribution in [3.05, 3.63) is 35.4 Å². The van der Waals surface area contributed by atoms with Gasteiger partial charge in [0.05, 0.1) is 6.54 Å². The molecule has 1 fully saturated rings. The van der Waals surface area contributed by atoms with Gasteiger partial charge in [0.25, 0.3) is 0 Å². The van der Waals surface area contributed by atoms with Gasteiger partial charge in [0.1, 0.15) is 17.7 Å².